The number of thiophene rings is 1. The number of carboxylic acids is 1. The van der Waals surface area contributed by atoms with Crippen molar-refractivity contribution in [1.82, 2.24) is 9.97 Å². The number of aliphatic carboxylic acids is 1. The van der Waals surface area contributed by atoms with E-state index >= 15 is 0 Å². The van der Waals surface area contributed by atoms with Crippen molar-refractivity contribution in [3.8, 4) is 0 Å². The fourth-order valence-electron chi connectivity index (χ4n) is 2.32. The molecule has 0 amide bonds. The SMILES string of the molecule is Cc1ccc(CC(C(=O)O)c2ncnc3ccsc23)cc1. The van der Waals surface area contributed by atoms with Gasteiger partial charge < -0.3 is 5.11 Å². The number of rotatable bonds is 4. The number of nitrogens with zero attached hydrogens (tertiary/aromatic N) is 2. The summed E-state index contributed by atoms with van der Waals surface area (Å²) in [7, 11) is 0. The molecule has 0 spiro atoms. The zero-order valence-corrected chi connectivity index (χ0v) is 12.3. The van der Waals surface area contributed by atoms with Gasteiger partial charge >= 0.3 is 5.97 Å². The molecule has 3 aromatic rings. The van der Waals surface area contributed by atoms with Crippen molar-refractivity contribution in [2.24, 2.45) is 0 Å². The Labute approximate surface area is 126 Å². The minimum absolute atomic E-state index is 0.430. The van der Waals surface area contributed by atoms with Crippen LogP contribution in [-0.2, 0) is 11.2 Å². The molecule has 0 fully saturated rings. The van der Waals surface area contributed by atoms with E-state index in [1.165, 1.54) is 17.7 Å². The number of hydrogen-bond donors (Lipinski definition) is 1. The van der Waals surface area contributed by atoms with Gasteiger partial charge in [0, 0.05) is 0 Å². The van der Waals surface area contributed by atoms with Gasteiger partial charge in [0.25, 0.3) is 0 Å². The predicted octanol–water partition coefficient (Wildman–Crippen LogP) is 3.41. The van der Waals surface area contributed by atoms with Crippen molar-refractivity contribution in [3.05, 3.63) is 58.9 Å². The van der Waals surface area contributed by atoms with Gasteiger partial charge in [-0.05, 0) is 30.4 Å². The zero-order chi connectivity index (χ0) is 14.8. The van der Waals surface area contributed by atoms with Crippen molar-refractivity contribution in [2.45, 2.75) is 19.3 Å². The molecule has 106 valence electrons. The van der Waals surface area contributed by atoms with E-state index in [4.69, 9.17) is 0 Å². The quantitative estimate of drug-likeness (QED) is 0.801. The molecule has 1 N–H and O–H groups in total. The van der Waals surface area contributed by atoms with Crippen molar-refractivity contribution < 1.29 is 9.90 Å². The lowest BCUT2D eigenvalue weighted by Gasteiger charge is -2.12. The van der Waals surface area contributed by atoms with Gasteiger partial charge in [-0.15, -0.1) is 11.3 Å². The van der Waals surface area contributed by atoms with Gasteiger partial charge in [0.05, 0.1) is 15.9 Å². The molecular formula is C16H14N2O2S. The van der Waals surface area contributed by atoms with E-state index in [-0.39, 0.29) is 0 Å². The van der Waals surface area contributed by atoms with Crippen LogP contribution in [-0.4, -0.2) is 21.0 Å². The molecule has 1 aromatic carbocycles. The summed E-state index contributed by atoms with van der Waals surface area (Å²) in [5.74, 6) is -1.51. The molecule has 0 aliphatic heterocycles. The van der Waals surface area contributed by atoms with Gasteiger partial charge in [-0.25, -0.2) is 9.97 Å². The highest BCUT2D eigenvalue weighted by Crippen LogP contribution is 2.29. The van der Waals surface area contributed by atoms with Gasteiger partial charge in [-0.2, -0.15) is 0 Å². The summed E-state index contributed by atoms with van der Waals surface area (Å²) in [4.78, 5) is 20.1. The largest absolute Gasteiger partial charge is 0.481 e. The van der Waals surface area contributed by atoms with Crippen molar-refractivity contribution >= 4 is 27.5 Å². The van der Waals surface area contributed by atoms with Crippen LogP contribution >= 0.6 is 11.3 Å². The first-order valence-corrected chi connectivity index (χ1v) is 7.49. The molecule has 1 atom stereocenters. The summed E-state index contributed by atoms with van der Waals surface area (Å²) in [6.45, 7) is 2.01. The summed E-state index contributed by atoms with van der Waals surface area (Å²) in [5, 5.41) is 11.5. The van der Waals surface area contributed by atoms with Crippen molar-refractivity contribution in [1.29, 1.82) is 0 Å². The smallest absolute Gasteiger partial charge is 0.312 e. The Hall–Kier alpha value is -2.27. The molecule has 0 aliphatic carbocycles. The molecule has 1 unspecified atom stereocenters. The standard InChI is InChI=1S/C16H14N2O2S/c1-10-2-4-11(5-3-10)8-12(16(19)20)14-15-13(6-7-21-15)17-9-18-14/h2-7,9,12H,8H2,1H3,(H,19,20). The summed E-state index contributed by atoms with van der Waals surface area (Å²) in [5.41, 5.74) is 3.56. The van der Waals surface area contributed by atoms with Gasteiger partial charge in [-0.3, -0.25) is 4.79 Å². The van der Waals surface area contributed by atoms with Crippen molar-refractivity contribution in [3.63, 3.8) is 0 Å². The highest BCUT2D eigenvalue weighted by atomic mass is 32.1. The second kappa shape index (κ2) is 5.61. The van der Waals surface area contributed by atoms with Crippen LogP contribution in [0.25, 0.3) is 10.2 Å². The number of fused-ring (bicyclic) bond motifs is 1. The van der Waals surface area contributed by atoms with Gasteiger partial charge in [0.2, 0.25) is 0 Å². The molecule has 2 heterocycles. The third-order valence-corrected chi connectivity index (χ3v) is 4.39. The van der Waals surface area contributed by atoms with Gasteiger partial charge in [-0.1, -0.05) is 29.8 Å². The maximum Gasteiger partial charge on any atom is 0.312 e. The zero-order valence-electron chi connectivity index (χ0n) is 11.5. The highest BCUT2D eigenvalue weighted by molar-refractivity contribution is 7.17. The average molecular weight is 298 g/mol. The molecule has 21 heavy (non-hydrogen) atoms. The van der Waals surface area contributed by atoms with Crippen LogP contribution in [0.2, 0.25) is 0 Å². The third kappa shape index (κ3) is 2.78. The summed E-state index contributed by atoms with van der Waals surface area (Å²) < 4.78 is 0.858. The van der Waals surface area contributed by atoms with E-state index in [1.54, 1.807) is 0 Å². The average Bonchev–Trinajstić information content (AvgIpc) is 2.95. The topological polar surface area (TPSA) is 63.1 Å². The Morgan fingerprint density at radius 3 is 2.71 bits per heavy atom. The minimum Gasteiger partial charge on any atom is -0.481 e. The normalized spacial score (nSPS) is 12.4. The first kappa shape index (κ1) is 13.7. The van der Waals surface area contributed by atoms with Crippen LogP contribution in [0.1, 0.15) is 22.7 Å². The summed E-state index contributed by atoms with van der Waals surface area (Å²) in [6, 6.07) is 9.82. The van der Waals surface area contributed by atoms with Crippen LogP contribution in [0, 0.1) is 6.92 Å². The Kier molecular flexibility index (Phi) is 3.66. The minimum atomic E-state index is -0.857. The van der Waals surface area contributed by atoms with E-state index in [0.717, 1.165) is 21.3 Å². The van der Waals surface area contributed by atoms with Gasteiger partial charge in [0.1, 0.15) is 12.2 Å². The van der Waals surface area contributed by atoms with E-state index < -0.39 is 11.9 Å². The summed E-state index contributed by atoms with van der Waals surface area (Å²) >= 11 is 1.48. The number of aryl methyl sites for hydroxylation is 1. The van der Waals surface area contributed by atoms with Crippen LogP contribution in [0.4, 0.5) is 0 Å². The van der Waals surface area contributed by atoms with Crippen LogP contribution < -0.4 is 0 Å². The highest BCUT2D eigenvalue weighted by Gasteiger charge is 2.24. The van der Waals surface area contributed by atoms with Crippen molar-refractivity contribution in [2.75, 3.05) is 0 Å². The predicted molar refractivity (Wildman–Crippen MR) is 82.7 cm³/mol. The first-order valence-electron chi connectivity index (χ1n) is 6.61. The summed E-state index contributed by atoms with van der Waals surface area (Å²) in [6.07, 6.45) is 1.87. The fourth-order valence-corrected chi connectivity index (χ4v) is 3.21. The molecule has 3 rings (SSSR count). The lowest BCUT2D eigenvalue weighted by Crippen LogP contribution is -2.16. The monoisotopic (exact) mass is 298 g/mol. The number of carbonyl (C=O) groups is 1. The van der Waals surface area contributed by atoms with Gasteiger partial charge in [0.15, 0.2) is 0 Å². The number of hydrogen-bond acceptors (Lipinski definition) is 4. The van der Waals surface area contributed by atoms with Crippen LogP contribution in [0.3, 0.4) is 0 Å². The molecule has 0 saturated carbocycles. The number of carboxylic acid groups (broad SMARTS) is 1. The Morgan fingerprint density at radius 1 is 1.24 bits per heavy atom. The molecule has 0 saturated heterocycles. The maximum absolute atomic E-state index is 11.7. The molecule has 5 heteroatoms. The van der Waals surface area contributed by atoms with Crippen LogP contribution in [0.15, 0.2) is 42.0 Å². The second-order valence-corrected chi connectivity index (χ2v) is 5.89. The Bertz CT molecular complexity index is 780. The molecular weight excluding hydrogens is 284 g/mol. The molecule has 0 bridgehead atoms. The molecule has 0 radical (unpaired) electrons. The Balaban J connectivity index is 2.00. The maximum atomic E-state index is 11.7. The molecule has 2 aromatic heterocycles. The van der Waals surface area contributed by atoms with E-state index in [1.807, 2.05) is 42.6 Å². The fraction of sp³-hybridized carbons (Fsp3) is 0.188. The molecule has 4 nitrogen and oxygen atoms in total. The Morgan fingerprint density at radius 2 is 2.00 bits per heavy atom. The number of aromatic nitrogens is 2. The first-order chi connectivity index (χ1) is 10.1. The second-order valence-electron chi connectivity index (χ2n) is 4.97. The lowest BCUT2D eigenvalue weighted by atomic mass is 9.95. The third-order valence-electron chi connectivity index (χ3n) is 3.46. The van der Waals surface area contributed by atoms with E-state index in [0.29, 0.717) is 12.1 Å². The van der Waals surface area contributed by atoms with E-state index in [9.17, 15) is 9.90 Å². The number of benzene rings is 1. The van der Waals surface area contributed by atoms with E-state index in [2.05, 4.69) is 9.97 Å². The molecule has 0 aliphatic rings. The van der Waals surface area contributed by atoms with Crippen LogP contribution in [0.5, 0.6) is 0 Å². The lowest BCUT2D eigenvalue weighted by molar-refractivity contribution is -0.138.